The summed E-state index contributed by atoms with van der Waals surface area (Å²) in [5.41, 5.74) is 19.2. The van der Waals surface area contributed by atoms with Gasteiger partial charge in [0.2, 0.25) is 0 Å². The zero-order valence-electron chi connectivity index (χ0n) is 50.1. The van der Waals surface area contributed by atoms with Crippen molar-refractivity contribution in [2.75, 3.05) is 0 Å². The molecule has 451 valence electrons. The Morgan fingerprint density at radius 3 is 0.989 bits per heavy atom. The van der Waals surface area contributed by atoms with Gasteiger partial charge in [-0.1, -0.05) is 214 Å². The van der Waals surface area contributed by atoms with Crippen LogP contribution in [0.25, 0.3) is 165 Å². The van der Waals surface area contributed by atoms with Crippen LogP contribution in [-0.4, -0.2) is 18.3 Å². The van der Waals surface area contributed by atoms with Crippen molar-refractivity contribution in [2.45, 2.75) is 0 Å². The van der Waals surface area contributed by atoms with E-state index < -0.39 is 11.2 Å². The van der Waals surface area contributed by atoms with Crippen molar-refractivity contribution in [3.8, 4) is 45.0 Å². The summed E-state index contributed by atoms with van der Waals surface area (Å²) in [6.45, 7) is 0. The molecule has 0 fully saturated rings. The second-order valence-electron chi connectivity index (χ2n) is 23.6. The fourth-order valence-electron chi connectivity index (χ4n) is 14.6. The van der Waals surface area contributed by atoms with Crippen molar-refractivity contribution in [1.29, 1.82) is 0 Å². The summed E-state index contributed by atoms with van der Waals surface area (Å²) in [7, 11) is 14.7. The van der Waals surface area contributed by atoms with E-state index in [1.54, 1.807) is 0 Å². The average Bonchev–Trinajstić information content (AvgIpc) is 1.52. The molecular weight excluding hydrogens is 1390 g/mol. The molecule has 0 saturated heterocycles. The van der Waals surface area contributed by atoms with Crippen LogP contribution >= 0.6 is 62.2 Å². The van der Waals surface area contributed by atoms with Gasteiger partial charge in [-0.2, -0.15) is 0 Å². The molecule has 0 spiro atoms. The van der Waals surface area contributed by atoms with E-state index in [2.05, 4.69) is 366 Å². The number of aromatic nitrogens is 4. The van der Waals surface area contributed by atoms with E-state index in [-0.39, 0.29) is 0 Å². The van der Waals surface area contributed by atoms with Crippen LogP contribution in [0.1, 0.15) is 0 Å². The van der Waals surface area contributed by atoms with Crippen molar-refractivity contribution < 1.29 is 11.2 Å². The Labute approximate surface area is 575 Å². The van der Waals surface area contributed by atoms with Crippen LogP contribution in [0.5, 0.6) is 0 Å². The van der Waals surface area contributed by atoms with E-state index in [9.17, 15) is 0 Å². The molecule has 15 aromatic carbocycles. The monoisotopic (exact) mass is 1440 g/mol. The molecule has 0 N–H and O–H groups in total. The third-order valence-corrected chi connectivity index (χ3v) is 19.5. The summed E-state index contributed by atoms with van der Waals surface area (Å²) in [6.07, 6.45) is 0. The average molecular weight is 1440 g/mol. The van der Waals surface area contributed by atoms with E-state index in [0.29, 0.717) is 0 Å². The Hall–Kier alpha value is -9.37. The van der Waals surface area contributed by atoms with Gasteiger partial charge >= 0.3 is 41.5 Å². The summed E-state index contributed by atoms with van der Waals surface area (Å²) in [5, 5.41) is 17.7. The number of rotatable bonds is 6. The SMILES string of the molecule is Brc1ccc2c(c1)c1cc(-c3ccccc3-c3ccccc3)ccc1n2-c1ccc2c(c1)c1ccccc1n2-c1ccccc1.Brc1ccc2c(c1)c1cc3c4ccccc4c4ccccc4c3cc1n2-c1ccc2c(c1)c1ccccc1n2-c1ccccc1.[Cl][Fe]([Cl])[Cl]. The van der Waals surface area contributed by atoms with E-state index in [0.717, 1.165) is 20.3 Å². The van der Waals surface area contributed by atoms with Crippen LogP contribution in [0.2, 0.25) is 0 Å². The first kappa shape index (κ1) is 58.5. The third kappa shape index (κ3) is 10.0. The van der Waals surface area contributed by atoms with Gasteiger partial charge in [-0.25, -0.2) is 0 Å². The normalized spacial score (nSPS) is 11.9. The van der Waals surface area contributed by atoms with Gasteiger partial charge in [0.1, 0.15) is 0 Å². The molecule has 0 aliphatic carbocycles. The predicted octanol–water partition coefficient (Wildman–Crippen LogP) is 26.1. The fraction of sp³-hybridized carbons (Fsp3) is 0. The molecule has 94 heavy (non-hydrogen) atoms. The van der Waals surface area contributed by atoms with Gasteiger partial charge in [0.05, 0.1) is 44.1 Å². The van der Waals surface area contributed by atoms with Crippen molar-refractivity contribution >= 4 is 182 Å². The van der Waals surface area contributed by atoms with Gasteiger partial charge in [0, 0.05) is 74.8 Å². The van der Waals surface area contributed by atoms with Crippen LogP contribution in [-0.2, 0) is 11.2 Å². The number of benzene rings is 15. The van der Waals surface area contributed by atoms with Crippen LogP contribution in [0.15, 0.2) is 324 Å². The zero-order chi connectivity index (χ0) is 63.1. The summed E-state index contributed by atoms with van der Waals surface area (Å²) in [4.78, 5) is 0. The molecule has 10 heteroatoms. The maximum absolute atomic E-state index is 4.89. The molecule has 0 aliphatic heterocycles. The molecule has 19 rings (SSSR count). The van der Waals surface area contributed by atoms with Crippen LogP contribution in [0, 0.1) is 0 Å². The molecule has 19 aromatic rings. The molecular formula is C84H52Br2Cl3FeN4. The Morgan fingerprint density at radius 2 is 0.511 bits per heavy atom. The Balaban J connectivity index is 0.000000135. The van der Waals surface area contributed by atoms with Gasteiger partial charge in [-0.3, -0.25) is 0 Å². The second-order valence-corrected chi connectivity index (χ2v) is 30.9. The summed E-state index contributed by atoms with van der Waals surface area (Å²) in [5.74, 6) is 0. The molecule has 0 atom stereocenters. The van der Waals surface area contributed by atoms with E-state index in [4.69, 9.17) is 30.3 Å². The van der Waals surface area contributed by atoms with Gasteiger partial charge in [-0.15, -0.1) is 0 Å². The quantitative estimate of drug-likeness (QED) is 0.117. The van der Waals surface area contributed by atoms with Crippen molar-refractivity contribution in [2.24, 2.45) is 0 Å². The first-order valence-corrected chi connectivity index (χ1v) is 37.1. The molecule has 4 nitrogen and oxygen atoms in total. The van der Waals surface area contributed by atoms with Crippen LogP contribution in [0.3, 0.4) is 0 Å². The first-order valence-electron chi connectivity index (χ1n) is 30.9. The summed E-state index contributed by atoms with van der Waals surface area (Å²) >= 11 is 6.21. The van der Waals surface area contributed by atoms with Gasteiger partial charge < -0.3 is 18.3 Å². The topological polar surface area (TPSA) is 19.7 Å². The molecule has 0 aliphatic rings. The number of hydrogen-bond acceptors (Lipinski definition) is 0. The van der Waals surface area contributed by atoms with E-state index >= 15 is 0 Å². The summed E-state index contributed by atoms with van der Waals surface area (Å²) < 4.78 is 11.8. The number of fused-ring (bicyclic) bond motifs is 18. The maximum atomic E-state index is 4.89. The van der Waals surface area contributed by atoms with Crippen molar-refractivity contribution in [3.05, 3.63) is 324 Å². The molecule has 0 radical (unpaired) electrons. The van der Waals surface area contributed by atoms with Crippen LogP contribution in [0.4, 0.5) is 0 Å². The molecule has 4 heterocycles. The van der Waals surface area contributed by atoms with Gasteiger partial charge in [0.15, 0.2) is 0 Å². The Kier molecular flexibility index (Phi) is 15.0. The first-order chi connectivity index (χ1) is 46.2. The van der Waals surface area contributed by atoms with Crippen molar-refractivity contribution in [1.82, 2.24) is 18.3 Å². The van der Waals surface area contributed by atoms with Gasteiger partial charge in [0.25, 0.3) is 0 Å². The number of hydrogen-bond donors (Lipinski definition) is 0. The molecule has 0 bridgehead atoms. The predicted molar refractivity (Wildman–Crippen MR) is 407 cm³/mol. The molecule has 0 saturated carbocycles. The number of halogens is 5. The zero-order valence-corrected chi connectivity index (χ0v) is 56.6. The fourth-order valence-corrected chi connectivity index (χ4v) is 15.3. The summed E-state index contributed by atoms with van der Waals surface area (Å²) in [6, 6.07) is 115. The van der Waals surface area contributed by atoms with Gasteiger partial charge in [-0.05, 0) is 188 Å². The second kappa shape index (κ2) is 24.2. The Bertz CT molecular complexity index is 6190. The van der Waals surface area contributed by atoms with E-state index in [1.807, 2.05) is 0 Å². The standard InChI is InChI=1S/C42H25BrN2.C42H27BrN2.3ClH.Fe/c43-26-18-20-40-36(22-26)38-24-34-31-14-6-4-12-29(31)30-13-5-7-15-32(30)35(34)25-42(38)45(40)28-19-21-41-37(23-28)33-16-8-9-17-39(33)44(41)27-10-2-1-3-11-27;43-30-20-23-41-37(26-30)36-25-29(34-16-8-7-15-33(34)28-11-3-1-4-12-28)19-22-40(36)45(41)32-21-24-42-38(27-32)35-17-9-10-18-39(35)44(42)31-13-5-2-6-14-31;;;;/h1-25H;1-27H;3*1H;/q;;;;;+3/p-3. The van der Waals surface area contributed by atoms with E-state index in [1.165, 1.54) is 153 Å². The molecule has 0 amide bonds. The number of para-hydroxylation sites is 4. The third-order valence-electron chi connectivity index (χ3n) is 18.5. The van der Waals surface area contributed by atoms with Crippen LogP contribution < -0.4 is 0 Å². The number of nitrogens with zero attached hydrogens (tertiary/aromatic N) is 4. The minimum absolute atomic E-state index is 1.07. The minimum atomic E-state index is -1.33. The molecule has 0 unspecified atom stereocenters. The Morgan fingerprint density at radius 1 is 0.202 bits per heavy atom. The van der Waals surface area contributed by atoms with Crippen molar-refractivity contribution in [3.63, 3.8) is 0 Å². The molecule has 4 aromatic heterocycles.